The third-order valence-corrected chi connectivity index (χ3v) is 5.98. The van der Waals surface area contributed by atoms with Crippen LogP contribution in [0.4, 0.5) is 0 Å². The van der Waals surface area contributed by atoms with Gasteiger partial charge >= 0.3 is 0 Å². The Morgan fingerprint density at radius 2 is 1.93 bits per heavy atom. The number of ether oxygens (including phenoxy) is 1. The molecule has 1 aliphatic carbocycles. The molecule has 0 saturated heterocycles. The molecule has 3 rings (SSSR count). The van der Waals surface area contributed by atoms with E-state index in [0.717, 1.165) is 29.8 Å². The summed E-state index contributed by atoms with van der Waals surface area (Å²) in [6.07, 6.45) is 5.30. The molecule has 0 aromatic heterocycles. The van der Waals surface area contributed by atoms with Crippen molar-refractivity contribution in [3.63, 3.8) is 0 Å². The van der Waals surface area contributed by atoms with Gasteiger partial charge in [-0.05, 0) is 86.9 Å². The van der Waals surface area contributed by atoms with Gasteiger partial charge in [0.1, 0.15) is 5.75 Å². The Labute approximate surface area is 169 Å². The summed E-state index contributed by atoms with van der Waals surface area (Å²) < 4.78 is 6.30. The SMILES string of the molecule is Cc1cccc(O[C@@H]2CCCC(C(C)CN(C)Cc3ccc(Cl)cc3)C2)c1. The lowest BCUT2D eigenvalue weighted by atomic mass is 9.79. The summed E-state index contributed by atoms with van der Waals surface area (Å²) >= 11 is 5.99. The maximum absolute atomic E-state index is 6.30. The van der Waals surface area contributed by atoms with E-state index in [1.165, 1.54) is 36.8 Å². The van der Waals surface area contributed by atoms with Gasteiger partial charge in [0, 0.05) is 18.1 Å². The number of aryl methyl sites for hydroxylation is 1. The molecular weight excluding hydrogens is 354 g/mol. The first-order valence-electron chi connectivity index (χ1n) is 10.2. The van der Waals surface area contributed by atoms with Gasteiger partial charge in [0.15, 0.2) is 0 Å². The van der Waals surface area contributed by atoms with Gasteiger partial charge in [-0.3, -0.25) is 0 Å². The lowest BCUT2D eigenvalue weighted by Gasteiger charge is -2.35. The van der Waals surface area contributed by atoms with Crippen LogP contribution in [0.1, 0.15) is 43.7 Å². The van der Waals surface area contributed by atoms with E-state index >= 15 is 0 Å². The Hall–Kier alpha value is -1.51. The van der Waals surface area contributed by atoms with E-state index < -0.39 is 0 Å². The minimum atomic E-state index is 0.356. The van der Waals surface area contributed by atoms with Crippen LogP contribution in [0.25, 0.3) is 0 Å². The summed E-state index contributed by atoms with van der Waals surface area (Å²) in [6, 6.07) is 16.6. The minimum Gasteiger partial charge on any atom is -0.490 e. The molecule has 3 atom stereocenters. The summed E-state index contributed by atoms with van der Waals surface area (Å²) in [5.74, 6) is 2.43. The fourth-order valence-corrected chi connectivity index (χ4v) is 4.42. The van der Waals surface area contributed by atoms with Gasteiger partial charge in [-0.25, -0.2) is 0 Å². The topological polar surface area (TPSA) is 12.5 Å². The molecule has 1 aliphatic rings. The van der Waals surface area contributed by atoms with Gasteiger partial charge in [-0.15, -0.1) is 0 Å². The van der Waals surface area contributed by atoms with E-state index in [0.29, 0.717) is 12.0 Å². The molecule has 2 unspecified atom stereocenters. The maximum atomic E-state index is 6.30. The number of rotatable bonds is 7. The van der Waals surface area contributed by atoms with Crippen molar-refractivity contribution >= 4 is 11.6 Å². The molecule has 27 heavy (non-hydrogen) atoms. The largest absolute Gasteiger partial charge is 0.490 e. The van der Waals surface area contributed by atoms with Crippen molar-refractivity contribution in [1.29, 1.82) is 0 Å². The van der Waals surface area contributed by atoms with Crippen molar-refractivity contribution in [3.05, 3.63) is 64.7 Å². The van der Waals surface area contributed by atoms with Crippen LogP contribution in [0.2, 0.25) is 5.02 Å². The third-order valence-electron chi connectivity index (χ3n) is 5.73. The Bertz CT molecular complexity index is 715. The summed E-state index contributed by atoms with van der Waals surface area (Å²) in [5, 5.41) is 0.802. The molecule has 2 aromatic rings. The molecule has 3 heteroatoms. The number of hydrogen-bond donors (Lipinski definition) is 0. The molecule has 0 spiro atoms. The standard InChI is InChI=1S/C24H32ClNO/c1-18-6-4-8-23(14-18)27-24-9-5-7-21(15-24)19(2)16-26(3)17-20-10-12-22(25)13-11-20/h4,6,8,10-14,19,21,24H,5,7,9,15-17H2,1-3H3/t19?,21?,24-/m1/s1. The van der Waals surface area contributed by atoms with Gasteiger partial charge in [0.2, 0.25) is 0 Å². The van der Waals surface area contributed by atoms with E-state index in [1.54, 1.807) is 0 Å². The van der Waals surface area contributed by atoms with E-state index in [4.69, 9.17) is 16.3 Å². The average Bonchev–Trinajstić information content (AvgIpc) is 2.64. The molecular formula is C24H32ClNO. The zero-order valence-corrected chi connectivity index (χ0v) is 17.6. The van der Waals surface area contributed by atoms with Crippen molar-refractivity contribution in [2.75, 3.05) is 13.6 Å². The third kappa shape index (κ3) is 6.26. The van der Waals surface area contributed by atoms with Crippen LogP contribution < -0.4 is 4.74 Å². The number of benzene rings is 2. The molecule has 0 aliphatic heterocycles. The highest BCUT2D eigenvalue weighted by Gasteiger charge is 2.28. The lowest BCUT2D eigenvalue weighted by molar-refractivity contribution is 0.0913. The zero-order chi connectivity index (χ0) is 19.2. The first-order chi connectivity index (χ1) is 13.0. The number of hydrogen-bond acceptors (Lipinski definition) is 2. The predicted molar refractivity (Wildman–Crippen MR) is 115 cm³/mol. The second-order valence-electron chi connectivity index (χ2n) is 8.28. The minimum absolute atomic E-state index is 0.356. The van der Waals surface area contributed by atoms with Crippen LogP contribution in [0.5, 0.6) is 5.75 Å². The van der Waals surface area contributed by atoms with Gasteiger partial charge in [-0.1, -0.05) is 42.8 Å². The molecule has 1 saturated carbocycles. The Kier molecular flexibility index (Phi) is 7.20. The highest BCUT2D eigenvalue weighted by atomic mass is 35.5. The zero-order valence-electron chi connectivity index (χ0n) is 16.8. The maximum Gasteiger partial charge on any atom is 0.119 e. The van der Waals surface area contributed by atoms with Crippen molar-refractivity contribution in [2.24, 2.45) is 11.8 Å². The highest BCUT2D eigenvalue weighted by Crippen LogP contribution is 2.33. The van der Waals surface area contributed by atoms with Crippen molar-refractivity contribution < 1.29 is 4.74 Å². The van der Waals surface area contributed by atoms with Crippen molar-refractivity contribution in [3.8, 4) is 5.75 Å². The fraction of sp³-hybridized carbons (Fsp3) is 0.500. The van der Waals surface area contributed by atoms with Gasteiger partial charge in [0.25, 0.3) is 0 Å². The van der Waals surface area contributed by atoms with Gasteiger partial charge in [-0.2, -0.15) is 0 Å². The quantitative estimate of drug-likeness (QED) is 0.550. The van der Waals surface area contributed by atoms with E-state index in [9.17, 15) is 0 Å². The summed E-state index contributed by atoms with van der Waals surface area (Å²) in [7, 11) is 2.22. The fourth-order valence-electron chi connectivity index (χ4n) is 4.29. The Balaban J connectivity index is 1.50. The Morgan fingerprint density at radius 3 is 2.67 bits per heavy atom. The van der Waals surface area contributed by atoms with Crippen LogP contribution in [0.15, 0.2) is 48.5 Å². The number of halogens is 1. The highest BCUT2D eigenvalue weighted by molar-refractivity contribution is 6.30. The summed E-state index contributed by atoms with van der Waals surface area (Å²) in [4.78, 5) is 2.43. The predicted octanol–water partition coefficient (Wildman–Crippen LogP) is 6.35. The van der Waals surface area contributed by atoms with Crippen LogP contribution in [0, 0.1) is 18.8 Å². The van der Waals surface area contributed by atoms with Crippen LogP contribution in [0.3, 0.4) is 0 Å². The molecule has 2 aromatic carbocycles. The first kappa shape index (κ1) is 20.2. The van der Waals surface area contributed by atoms with E-state index in [-0.39, 0.29) is 0 Å². The van der Waals surface area contributed by atoms with Crippen molar-refractivity contribution in [1.82, 2.24) is 4.90 Å². The molecule has 146 valence electrons. The van der Waals surface area contributed by atoms with Crippen molar-refractivity contribution in [2.45, 2.75) is 52.2 Å². The van der Waals surface area contributed by atoms with Crippen LogP contribution in [-0.2, 0) is 6.54 Å². The average molecular weight is 386 g/mol. The van der Waals surface area contributed by atoms with E-state index in [1.807, 2.05) is 12.1 Å². The molecule has 2 nitrogen and oxygen atoms in total. The van der Waals surface area contributed by atoms with Gasteiger partial charge in [0.05, 0.1) is 6.10 Å². The Morgan fingerprint density at radius 1 is 1.15 bits per heavy atom. The first-order valence-corrected chi connectivity index (χ1v) is 10.5. The van der Waals surface area contributed by atoms with Crippen LogP contribution >= 0.6 is 11.6 Å². The van der Waals surface area contributed by atoms with Gasteiger partial charge < -0.3 is 9.64 Å². The lowest BCUT2D eigenvalue weighted by Crippen LogP contribution is -2.33. The summed E-state index contributed by atoms with van der Waals surface area (Å²) in [5.41, 5.74) is 2.58. The molecule has 0 radical (unpaired) electrons. The molecule has 0 heterocycles. The summed E-state index contributed by atoms with van der Waals surface area (Å²) in [6.45, 7) is 6.61. The monoisotopic (exact) mass is 385 g/mol. The second kappa shape index (κ2) is 9.61. The van der Waals surface area contributed by atoms with E-state index in [2.05, 4.69) is 62.2 Å². The molecule has 0 amide bonds. The number of nitrogens with zero attached hydrogens (tertiary/aromatic N) is 1. The second-order valence-corrected chi connectivity index (χ2v) is 8.72. The molecule has 0 bridgehead atoms. The van der Waals surface area contributed by atoms with Crippen LogP contribution in [-0.4, -0.2) is 24.6 Å². The normalized spacial score (nSPS) is 21.2. The molecule has 1 fully saturated rings. The smallest absolute Gasteiger partial charge is 0.119 e. The molecule has 0 N–H and O–H groups in total.